The van der Waals surface area contributed by atoms with E-state index in [1.54, 1.807) is 11.3 Å². The predicted molar refractivity (Wildman–Crippen MR) is 111 cm³/mol. The summed E-state index contributed by atoms with van der Waals surface area (Å²) in [4.78, 5) is 18.2. The van der Waals surface area contributed by atoms with Crippen molar-refractivity contribution in [2.24, 2.45) is 0 Å². The molecule has 0 radical (unpaired) electrons. The summed E-state index contributed by atoms with van der Waals surface area (Å²) in [6.45, 7) is 0. The fraction of sp³-hybridized carbons (Fsp3) is 0.227. The van der Waals surface area contributed by atoms with Crippen LogP contribution in [0.2, 0.25) is 0 Å². The van der Waals surface area contributed by atoms with E-state index < -0.39 is 0 Å². The van der Waals surface area contributed by atoms with Crippen LogP contribution in [0.15, 0.2) is 58.9 Å². The first-order valence-electron chi connectivity index (χ1n) is 9.00. The van der Waals surface area contributed by atoms with Gasteiger partial charge in [-0.1, -0.05) is 54.6 Å². The first kappa shape index (κ1) is 18.0. The number of carbonyl (C=O) groups is 1. The van der Waals surface area contributed by atoms with E-state index in [1.165, 1.54) is 11.8 Å². The minimum Gasteiger partial charge on any atom is -0.298 e. The molecule has 0 amide bonds. The summed E-state index contributed by atoms with van der Waals surface area (Å²) in [7, 11) is 0. The number of ketones is 1. The van der Waals surface area contributed by atoms with Gasteiger partial charge >= 0.3 is 0 Å². The Bertz CT molecular complexity index is 991. The monoisotopic (exact) mass is 390 g/mol. The zero-order valence-electron chi connectivity index (χ0n) is 14.7. The summed E-state index contributed by atoms with van der Waals surface area (Å²) in [5.74, 6) is 0.278. The molecule has 0 N–H and O–H groups in total. The van der Waals surface area contributed by atoms with Crippen molar-refractivity contribution in [3.63, 3.8) is 0 Å². The third-order valence-corrected chi connectivity index (χ3v) is 6.90. The molecular weight excluding hydrogens is 372 g/mol. The highest BCUT2D eigenvalue weighted by atomic mass is 32.2. The van der Waals surface area contributed by atoms with Crippen LogP contribution in [-0.4, -0.2) is 16.0 Å². The maximum Gasteiger partial charge on any atom is 0.146 e. The Labute approximate surface area is 167 Å². The molecule has 1 atom stereocenters. The second-order valence-corrected chi connectivity index (χ2v) is 8.65. The lowest BCUT2D eigenvalue weighted by Gasteiger charge is -2.20. The average Bonchev–Trinajstić information content (AvgIpc) is 3.25. The van der Waals surface area contributed by atoms with Gasteiger partial charge in [0.25, 0.3) is 0 Å². The molecule has 0 saturated heterocycles. The maximum absolute atomic E-state index is 12.3. The van der Waals surface area contributed by atoms with Gasteiger partial charge in [0.1, 0.15) is 16.9 Å². The molecular formula is C22H18N2OS2. The van der Waals surface area contributed by atoms with Crippen molar-refractivity contribution >= 4 is 28.9 Å². The summed E-state index contributed by atoms with van der Waals surface area (Å²) in [6, 6.07) is 18.3. The van der Waals surface area contributed by atoms with Crippen molar-refractivity contribution in [3.8, 4) is 27.8 Å². The molecule has 1 aromatic carbocycles. The van der Waals surface area contributed by atoms with Gasteiger partial charge in [0.05, 0.1) is 21.4 Å². The number of rotatable bonds is 4. The third kappa shape index (κ3) is 3.83. The van der Waals surface area contributed by atoms with Crippen LogP contribution in [0.3, 0.4) is 0 Å². The molecule has 3 nitrogen and oxygen atoms in total. The lowest BCUT2D eigenvalue weighted by atomic mass is 9.99. The van der Waals surface area contributed by atoms with Crippen LogP contribution in [0, 0.1) is 11.3 Å². The zero-order chi connectivity index (χ0) is 18.6. The molecule has 1 aliphatic rings. The second kappa shape index (κ2) is 8.08. The number of pyridine rings is 1. The summed E-state index contributed by atoms with van der Waals surface area (Å²) in [5.41, 5.74) is 3.28. The molecule has 1 fully saturated rings. The molecule has 4 rings (SSSR count). The number of nitrogens with zero attached hydrogens (tertiary/aromatic N) is 2. The SMILES string of the molecule is N#Cc1c(-c2ccccc2)cc(-c2cccs2)nc1S[C@H]1CCCCC1=O. The van der Waals surface area contributed by atoms with Gasteiger partial charge < -0.3 is 0 Å². The molecule has 1 aliphatic carbocycles. The summed E-state index contributed by atoms with van der Waals surface area (Å²) < 4.78 is 0. The van der Waals surface area contributed by atoms with Gasteiger partial charge in [0.2, 0.25) is 0 Å². The van der Waals surface area contributed by atoms with E-state index in [1.807, 2.05) is 53.9 Å². The Kier molecular flexibility index (Phi) is 5.38. The van der Waals surface area contributed by atoms with Crippen molar-refractivity contribution in [1.82, 2.24) is 4.98 Å². The highest BCUT2D eigenvalue weighted by Crippen LogP contribution is 2.38. The normalized spacial score (nSPS) is 16.9. The Morgan fingerprint density at radius 2 is 2.00 bits per heavy atom. The molecule has 3 aromatic rings. The molecule has 0 aliphatic heterocycles. The van der Waals surface area contributed by atoms with Crippen LogP contribution in [0.4, 0.5) is 0 Å². The number of nitriles is 1. The maximum atomic E-state index is 12.3. The highest BCUT2D eigenvalue weighted by Gasteiger charge is 2.26. The van der Waals surface area contributed by atoms with Crippen LogP contribution in [0.1, 0.15) is 31.2 Å². The van der Waals surface area contributed by atoms with Crippen molar-refractivity contribution in [2.45, 2.75) is 36.0 Å². The molecule has 1 saturated carbocycles. The van der Waals surface area contributed by atoms with E-state index >= 15 is 0 Å². The first-order chi connectivity index (χ1) is 13.3. The number of carbonyl (C=O) groups excluding carboxylic acids is 1. The van der Waals surface area contributed by atoms with Crippen LogP contribution in [0.5, 0.6) is 0 Å². The zero-order valence-corrected chi connectivity index (χ0v) is 16.4. The standard InChI is InChI=1S/C22H18N2OS2/c23-14-17-16(15-7-2-1-3-8-15)13-18(20-11-6-12-26-20)24-22(17)27-21-10-5-4-9-19(21)25/h1-3,6-8,11-13,21H,4-5,9-10H2/t21-/m0/s1. The number of hydrogen-bond donors (Lipinski definition) is 0. The van der Waals surface area contributed by atoms with Crippen molar-refractivity contribution < 1.29 is 4.79 Å². The van der Waals surface area contributed by atoms with Gasteiger partial charge in [-0.3, -0.25) is 4.79 Å². The smallest absolute Gasteiger partial charge is 0.146 e. The Hall–Kier alpha value is -2.42. The molecule has 2 aromatic heterocycles. The number of aromatic nitrogens is 1. The van der Waals surface area contributed by atoms with Gasteiger partial charge in [-0.2, -0.15) is 5.26 Å². The van der Waals surface area contributed by atoms with Crippen LogP contribution < -0.4 is 0 Å². The van der Waals surface area contributed by atoms with Crippen molar-refractivity contribution in [1.29, 1.82) is 5.26 Å². The summed E-state index contributed by atoms with van der Waals surface area (Å²) in [6.07, 6.45) is 3.52. The largest absolute Gasteiger partial charge is 0.298 e. The van der Waals surface area contributed by atoms with E-state index in [0.29, 0.717) is 17.0 Å². The Morgan fingerprint density at radius 3 is 2.70 bits per heavy atom. The van der Waals surface area contributed by atoms with E-state index in [-0.39, 0.29) is 11.0 Å². The number of hydrogen-bond acceptors (Lipinski definition) is 5. The van der Waals surface area contributed by atoms with Crippen LogP contribution in [-0.2, 0) is 4.79 Å². The number of thioether (sulfide) groups is 1. The molecule has 0 unspecified atom stereocenters. The minimum atomic E-state index is -0.0967. The van der Waals surface area contributed by atoms with Gasteiger partial charge in [0.15, 0.2) is 0 Å². The van der Waals surface area contributed by atoms with Crippen LogP contribution >= 0.6 is 23.1 Å². The Morgan fingerprint density at radius 1 is 1.15 bits per heavy atom. The van der Waals surface area contributed by atoms with E-state index in [2.05, 4.69) is 6.07 Å². The molecule has 0 bridgehead atoms. The number of benzene rings is 1. The molecule has 27 heavy (non-hydrogen) atoms. The third-order valence-electron chi connectivity index (χ3n) is 4.71. The summed E-state index contributed by atoms with van der Waals surface area (Å²) in [5, 5.41) is 12.5. The topological polar surface area (TPSA) is 53.8 Å². The van der Waals surface area contributed by atoms with Gasteiger partial charge in [0, 0.05) is 12.0 Å². The van der Waals surface area contributed by atoms with E-state index in [4.69, 9.17) is 4.98 Å². The fourth-order valence-corrected chi connectivity index (χ4v) is 5.24. The fourth-order valence-electron chi connectivity index (χ4n) is 3.32. The summed E-state index contributed by atoms with van der Waals surface area (Å²) >= 11 is 3.09. The minimum absolute atomic E-state index is 0.0967. The highest BCUT2D eigenvalue weighted by molar-refractivity contribution is 8.00. The van der Waals surface area contributed by atoms with Gasteiger partial charge in [-0.15, -0.1) is 11.3 Å². The van der Waals surface area contributed by atoms with Crippen molar-refractivity contribution in [2.75, 3.05) is 0 Å². The molecule has 0 spiro atoms. The van der Waals surface area contributed by atoms with E-state index in [0.717, 1.165) is 41.0 Å². The van der Waals surface area contributed by atoms with Gasteiger partial charge in [-0.25, -0.2) is 4.98 Å². The average molecular weight is 391 g/mol. The van der Waals surface area contributed by atoms with Gasteiger partial charge in [-0.05, 0) is 35.9 Å². The first-order valence-corrected chi connectivity index (χ1v) is 10.8. The quantitative estimate of drug-likeness (QED) is 0.552. The van der Waals surface area contributed by atoms with Crippen molar-refractivity contribution in [3.05, 3.63) is 59.5 Å². The lowest BCUT2D eigenvalue weighted by molar-refractivity contribution is -0.119. The molecule has 2 heterocycles. The predicted octanol–water partition coefficient (Wildman–Crippen LogP) is 5.95. The Balaban J connectivity index is 1.84. The van der Waals surface area contributed by atoms with E-state index in [9.17, 15) is 10.1 Å². The molecule has 5 heteroatoms. The van der Waals surface area contributed by atoms with Crippen LogP contribution in [0.25, 0.3) is 21.7 Å². The number of Topliss-reactive ketones (excluding diaryl/α,β-unsaturated/α-hetero) is 1. The number of thiophene rings is 1. The lowest BCUT2D eigenvalue weighted by Crippen LogP contribution is -2.21. The second-order valence-electron chi connectivity index (χ2n) is 6.51. The molecule has 134 valence electrons.